The van der Waals surface area contributed by atoms with Crippen molar-refractivity contribution in [1.29, 1.82) is 0 Å². The lowest BCUT2D eigenvalue weighted by Crippen LogP contribution is -3.13. The average Bonchev–Trinajstić information content (AvgIpc) is 2.57. The van der Waals surface area contributed by atoms with Crippen molar-refractivity contribution in [2.24, 2.45) is 5.10 Å². The third-order valence-corrected chi connectivity index (χ3v) is 5.10. The number of benzene rings is 2. The summed E-state index contributed by atoms with van der Waals surface area (Å²) in [7, 11) is 0. The average molecular weight is 387 g/mol. The number of piperazine rings is 1. The van der Waals surface area contributed by atoms with E-state index >= 15 is 0 Å². The molecule has 4 heteroatoms. The summed E-state index contributed by atoms with van der Waals surface area (Å²) in [5.41, 5.74) is 5.37. The third kappa shape index (κ3) is 4.68. The van der Waals surface area contributed by atoms with E-state index in [1.807, 2.05) is 18.3 Å². The molecular formula is C20H25BrN3+. The molecule has 3 rings (SSSR count). The Kier molecular flexibility index (Phi) is 5.69. The lowest BCUT2D eigenvalue weighted by molar-refractivity contribution is -0.918. The van der Waals surface area contributed by atoms with E-state index in [2.05, 4.69) is 70.2 Å². The molecule has 0 bridgehead atoms. The first kappa shape index (κ1) is 17.2. The highest BCUT2D eigenvalue weighted by atomic mass is 79.9. The molecular weight excluding hydrogens is 362 g/mol. The number of hydrogen-bond acceptors (Lipinski definition) is 2. The maximum absolute atomic E-state index is 4.64. The third-order valence-electron chi connectivity index (χ3n) is 4.60. The fourth-order valence-corrected chi connectivity index (χ4v) is 3.57. The van der Waals surface area contributed by atoms with E-state index < -0.39 is 0 Å². The summed E-state index contributed by atoms with van der Waals surface area (Å²) < 4.78 is 1.09. The maximum atomic E-state index is 4.64. The van der Waals surface area contributed by atoms with Crippen LogP contribution >= 0.6 is 15.9 Å². The van der Waals surface area contributed by atoms with Crippen LogP contribution in [-0.4, -0.2) is 37.4 Å². The molecule has 3 nitrogen and oxygen atoms in total. The van der Waals surface area contributed by atoms with Crippen LogP contribution in [0.15, 0.2) is 52.0 Å². The van der Waals surface area contributed by atoms with Gasteiger partial charge in [-0.15, -0.1) is 0 Å². The Morgan fingerprint density at radius 3 is 2.62 bits per heavy atom. The number of nitrogens with zero attached hydrogens (tertiary/aromatic N) is 2. The number of rotatable bonds is 4. The van der Waals surface area contributed by atoms with E-state index in [-0.39, 0.29) is 0 Å². The minimum absolute atomic E-state index is 1.02. The Bertz CT molecular complexity index is 719. The van der Waals surface area contributed by atoms with E-state index in [4.69, 9.17) is 0 Å². The summed E-state index contributed by atoms with van der Waals surface area (Å²) in [5, 5.41) is 6.83. The zero-order chi connectivity index (χ0) is 16.9. The normalized spacial score (nSPS) is 16.0. The van der Waals surface area contributed by atoms with Gasteiger partial charge in [0.05, 0.1) is 32.4 Å². The van der Waals surface area contributed by atoms with Gasteiger partial charge in [0.2, 0.25) is 0 Å². The van der Waals surface area contributed by atoms with Crippen LogP contribution in [0.5, 0.6) is 0 Å². The second kappa shape index (κ2) is 7.95. The van der Waals surface area contributed by atoms with Gasteiger partial charge in [0.25, 0.3) is 0 Å². The van der Waals surface area contributed by atoms with Gasteiger partial charge in [-0.3, -0.25) is 5.01 Å². The molecule has 0 spiro atoms. The van der Waals surface area contributed by atoms with Crippen LogP contribution in [0.1, 0.15) is 22.3 Å². The molecule has 0 amide bonds. The molecule has 1 aliphatic heterocycles. The smallest absolute Gasteiger partial charge is 0.103 e. The summed E-state index contributed by atoms with van der Waals surface area (Å²) in [5.74, 6) is 0. The topological polar surface area (TPSA) is 20.0 Å². The van der Waals surface area contributed by atoms with Gasteiger partial charge in [0.1, 0.15) is 6.54 Å². The second-order valence-corrected chi connectivity index (χ2v) is 7.53. The largest absolute Gasteiger partial charge is 0.328 e. The molecule has 1 heterocycles. The number of hydrogen-bond donors (Lipinski definition) is 1. The number of hydrazone groups is 1. The molecule has 1 aliphatic rings. The Morgan fingerprint density at radius 2 is 1.92 bits per heavy atom. The van der Waals surface area contributed by atoms with Crippen LogP contribution in [0.4, 0.5) is 0 Å². The zero-order valence-corrected chi connectivity index (χ0v) is 16.0. The van der Waals surface area contributed by atoms with Crippen LogP contribution in [0.2, 0.25) is 0 Å². The predicted octanol–water partition coefficient (Wildman–Crippen LogP) is 2.80. The number of aryl methyl sites for hydroxylation is 2. The molecule has 1 N–H and O–H groups in total. The molecule has 0 unspecified atom stereocenters. The SMILES string of the molecule is Cc1ccc(C[NH+]2CCN(N=Cc3cccc(Br)c3)CC2)c(C)c1. The zero-order valence-electron chi connectivity index (χ0n) is 14.4. The van der Waals surface area contributed by atoms with Crippen LogP contribution in [0.25, 0.3) is 0 Å². The van der Waals surface area contributed by atoms with Crippen molar-refractivity contribution in [3.05, 3.63) is 69.2 Å². The van der Waals surface area contributed by atoms with E-state index in [9.17, 15) is 0 Å². The summed E-state index contributed by atoms with van der Waals surface area (Å²) in [4.78, 5) is 1.65. The monoisotopic (exact) mass is 386 g/mol. The molecule has 0 aromatic heterocycles. The van der Waals surface area contributed by atoms with Gasteiger partial charge in [-0.2, -0.15) is 5.10 Å². The van der Waals surface area contributed by atoms with Crippen molar-refractivity contribution < 1.29 is 4.90 Å². The number of quaternary nitrogens is 1. The molecule has 1 fully saturated rings. The molecule has 24 heavy (non-hydrogen) atoms. The Balaban J connectivity index is 1.52. The van der Waals surface area contributed by atoms with Crippen molar-refractivity contribution in [3.63, 3.8) is 0 Å². The fourth-order valence-electron chi connectivity index (χ4n) is 3.15. The first-order valence-corrected chi connectivity index (χ1v) is 9.33. The second-order valence-electron chi connectivity index (χ2n) is 6.61. The highest BCUT2D eigenvalue weighted by molar-refractivity contribution is 9.10. The standard InChI is InChI=1S/C20H24BrN3/c1-16-6-7-19(17(2)12-16)15-23-8-10-24(11-9-23)22-14-18-4-3-5-20(21)13-18/h3-7,12-14H,8-11,15H2,1-2H3/p+1. The van der Waals surface area contributed by atoms with Crippen molar-refractivity contribution in [2.45, 2.75) is 20.4 Å². The van der Waals surface area contributed by atoms with Gasteiger partial charge in [-0.1, -0.05) is 51.8 Å². The summed E-state index contributed by atoms with van der Waals surface area (Å²) in [6.45, 7) is 9.82. The van der Waals surface area contributed by atoms with Gasteiger partial charge in [-0.05, 0) is 37.1 Å². The lowest BCUT2D eigenvalue weighted by Gasteiger charge is -2.30. The minimum atomic E-state index is 1.02. The maximum Gasteiger partial charge on any atom is 0.103 e. The summed E-state index contributed by atoms with van der Waals surface area (Å²) in [6, 6.07) is 15.0. The van der Waals surface area contributed by atoms with Crippen molar-refractivity contribution >= 4 is 22.1 Å². The van der Waals surface area contributed by atoms with Crippen molar-refractivity contribution in [3.8, 4) is 0 Å². The summed E-state index contributed by atoms with van der Waals surface area (Å²) >= 11 is 3.50. The molecule has 2 aromatic rings. The van der Waals surface area contributed by atoms with Gasteiger partial charge >= 0.3 is 0 Å². The van der Waals surface area contributed by atoms with Crippen LogP contribution in [0, 0.1) is 13.8 Å². The van der Waals surface area contributed by atoms with Gasteiger partial charge < -0.3 is 4.90 Å². The van der Waals surface area contributed by atoms with Gasteiger partial charge in [-0.25, -0.2) is 0 Å². The molecule has 0 saturated carbocycles. The van der Waals surface area contributed by atoms with Crippen molar-refractivity contribution in [1.82, 2.24) is 5.01 Å². The number of nitrogens with one attached hydrogen (secondary N) is 1. The van der Waals surface area contributed by atoms with E-state index in [0.29, 0.717) is 0 Å². The first-order valence-electron chi connectivity index (χ1n) is 8.54. The molecule has 0 atom stereocenters. The van der Waals surface area contributed by atoms with Crippen LogP contribution in [0.3, 0.4) is 0 Å². The van der Waals surface area contributed by atoms with Crippen LogP contribution in [-0.2, 0) is 6.54 Å². The van der Waals surface area contributed by atoms with E-state index in [1.54, 1.807) is 4.90 Å². The van der Waals surface area contributed by atoms with E-state index in [0.717, 1.165) is 42.8 Å². The van der Waals surface area contributed by atoms with Crippen LogP contribution < -0.4 is 4.90 Å². The van der Waals surface area contributed by atoms with Gasteiger partial charge in [0, 0.05) is 10.0 Å². The lowest BCUT2D eigenvalue weighted by atomic mass is 10.1. The molecule has 126 valence electrons. The predicted molar refractivity (Wildman–Crippen MR) is 104 cm³/mol. The molecule has 0 aliphatic carbocycles. The minimum Gasteiger partial charge on any atom is -0.328 e. The fraction of sp³-hybridized carbons (Fsp3) is 0.350. The molecule has 0 radical (unpaired) electrons. The highest BCUT2D eigenvalue weighted by Crippen LogP contribution is 2.11. The van der Waals surface area contributed by atoms with E-state index in [1.165, 1.54) is 16.7 Å². The highest BCUT2D eigenvalue weighted by Gasteiger charge is 2.19. The summed E-state index contributed by atoms with van der Waals surface area (Å²) in [6.07, 6.45) is 1.96. The quantitative estimate of drug-likeness (QED) is 0.800. The Morgan fingerprint density at radius 1 is 1.12 bits per heavy atom. The Labute approximate surface area is 153 Å². The Hall–Kier alpha value is -1.65. The first-order chi connectivity index (χ1) is 11.6. The van der Waals surface area contributed by atoms with Crippen molar-refractivity contribution in [2.75, 3.05) is 26.2 Å². The molecule has 2 aromatic carbocycles. The number of halogens is 1. The molecule has 1 saturated heterocycles. The van der Waals surface area contributed by atoms with Gasteiger partial charge in [0.15, 0.2) is 0 Å².